The van der Waals surface area contributed by atoms with Crippen LogP contribution < -0.4 is 0 Å². The Hall–Kier alpha value is -1.32. The number of fused-ring (bicyclic) bond motifs is 1. The van der Waals surface area contributed by atoms with Gasteiger partial charge in [-0.2, -0.15) is 0 Å². The van der Waals surface area contributed by atoms with Crippen LogP contribution >= 0.6 is 0 Å². The number of methoxy groups -OCH3 is 1. The fraction of sp³-hybridized carbons (Fsp3) is 0.429. The molecule has 0 amide bonds. The van der Waals surface area contributed by atoms with Gasteiger partial charge in [0.05, 0.1) is 6.61 Å². The minimum absolute atomic E-state index is 0.0961. The highest BCUT2D eigenvalue weighted by atomic mass is 16.5. The Bertz CT molecular complexity index is 504. The van der Waals surface area contributed by atoms with E-state index in [1.165, 1.54) is 0 Å². The quantitative estimate of drug-likeness (QED) is 0.852. The maximum Gasteiger partial charge on any atom is 0.115 e. The molecule has 3 nitrogen and oxygen atoms in total. The summed E-state index contributed by atoms with van der Waals surface area (Å²) in [4.78, 5) is 3.15. The lowest BCUT2D eigenvalue weighted by atomic mass is 9.83. The van der Waals surface area contributed by atoms with Crippen molar-refractivity contribution in [3.8, 4) is 0 Å². The largest absolute Gasteiger partial charge is 0.382 e. The number of nitrogens with one attached hydrogen (secondary N) is 1. The van der Waals surface area contributed by atoms with Crippen molar-refractivity contribution in [3.05, 3.63) is 36.0 Å². The molecule has 0 aliphatic rings. The second-order valence-corrected chi connectivity index (χ2v) is 4.79. The average Bonchev–Trinajstić information content (AvgIpc) is 2.75. The summed E-state index contributed by atoms with van der Waals surface area (Å²) in [6.07, 6.45) is 1.90. The van der Waals surface area contributed by atoms with Crippen molar-refractivity contribution in [2.45, 2.75) is 19.4 Å². The molecule has 3 heteroatoms. The van der Waals surface area contributed by atoms with Crippen LogP contribution in [0.1, 0.15) is 19.4 Å². The molecule has 92 valence electrons. The van der Waals surface area contributed by atoms with Gasteiger partial charge in [0, 0.05) is 18.8 Å². The van der Waals surface area contributed by atoms with Crippen LogP contribution in [0.2, 0.25) is 0 Å². The third-order valence-electron chi connectivity index (χ3n) is 3.37. The lowest BCUT2D eigenvalue weighted by molar-refractivity contribution is -0.0699. The van der Waals surface area contributed by atoms with Crippen molar-refractivity contribution in [2.24, 2.45) is 5.92 Å². The number of aromatic nitrogens is 1. The van der Waals surface area contributed by atoms with Gasteiger partial charge in [-0.1, -0.05) is 19.9 Å². The average molecular weight is 233 g/mol. The number of hydrogen-bond acceptors (Lipinski definition) is 2. The Morgan fingerprint density at radius 1 is 1.35 bits per heavy atom. The second kappa shape index (κ2) is 4.51. The van der Waals surface area contributed by atoms with Crippen LogP contribution in [0, 0.1) is 5.92 Å². The monoisotopic (exact) mass is 233 g/mol. The van der Waals surface area contributed by atoms with E-state index in [1.807, 2.05) is 44.3 Å². The van der Waals surface area contributed by atoms with E-state index in [1.54, 1.807) is 7.11 Å². The van der Waals surface area contributed by atoms with E-state index in [-0.39, 0.29) is 5.92 Å². The first-order chi connectivity index (χ1) is 8.08. The zero-order valence-electron chi connectivity index (χ0n) is 10.5. The van der Waals surface area contributed by atoms with Crippen LogP contribution in [0.25, 0.3) is 10.9 Å². The van der Waals surface area contributed by atoms with Gasteiger partial charge in [0.25, 0.3) is 0 Å². The SMILES string of the molecule is COCC(O)(c1ccc2[nH]ccc2c1)C(C)C. The minimum atomic E-state index is -0.930. The van der Waals surface area contributed by atoms with Crippen LogP contribution in [-0.4, -0.2) is 23.8 Å². The van der Waals surface area contributed by atoms with E-state index in [0.29, 0.717) is 6.61 Å². The van der Waals surface area contributed by atoms with Gasteiger partial charge in [-0.05, 0) is 35.1 Å². The molecule has 1 aromatic heterocycles. The van der Waals surface area contributed by atoms with Gasteiger partial charge in [0.1, 0.15) is 5.60 Å². The maximum atomic E-state index is 10.7. The Morgan fingerprint density at radius 2 is 2.12 bits per heavy atom. The molecule has 0 aliphatic heterocycles. The zero-order chi connectivity index (χ0) is 12.5. The maximum absolute atomic E-state index is 10.7. The Kier molecular flexibility index (Phi) is 3.22. The molecular weight excluding hydrogens is 214 g/mol. The van der Waals surface area contributed by atoms with E-state index < -0.39 is 5.60 Å². The molecule has 0 aliphatic carbocycles. The first kappa shape index (κ1) is 12.1. The van der Waals surface area contributed by atoms with Crippen LogP contribution in [0.5, 0.6) is 0 Å². The predicted octanol–water partition coefficient (Wildman–Crippen LogP) is 2.66. The van der Waals surface area contributed by atoms with Crippen molar-refractivity contribution in [1.82, 2.24) is 4.98 Å². The van der Waals surface area contributed by atoms with Crippen LogP contribution in [-0.2, 0) is 10.3 Å². The van der Waals surface area contributed by atoms with Gasteiger partial charge in [0.2, 0.25) is 0 Å². The highest BCUT2D eigenvalue weighted by molar-refractivity contribution is 5.80. The van der Waals surface area contributed by atoms with E-state index in [4.69, 9.17) is 4.74 Å². The first-order valence-corrected chi connectivity index (χ1v) is 5.87. The van der Waals surface area contributed by atoms with Crippen LogP contribution in [0.3, 0.4) is 0 Å². The smallest absolute Gasteiger partial charge is 0.115 e. The van der Waals surface area contributed by atoms with E-state index in [9.17, 15) is 5.11 Å². The number of ether oxygens (including phenoxy) is 1. The lowest BCUT2D eigenvalue weighted by Gasteiger charge is -2.32. The number of aliphatic hydroxyl groups is 1. The van der Waals surface area contributed by atoms with Crippen molar-refractivity contribution >= 4 is 10.9 Å². The Morgan fingerprint density at radius 3 is 2.76 bits per heavy atom. The van der Waals surface area contributed by atoms with Crippen LogP contribution in [0.4, 0.5) is 0 Å². The normalized spacial score (nSPS) is 15.4. The highest BCUT2D eigenvalue weighted by Crippen LogP contribution is 2.31. The molecule has 1 aromatic carbocycles. The minimum Gasteiger partial charge on any atom is -0.382 e. The van der Waals surface area contributed by atoms with Gasteiger partial charge in [0.15, 0.2) is 0 Å². The molecule has 0 spiro atoms. The molecule has 1 heterocycles. The third kappa shape index (κ3) is 2.08. The van der Waals surface area contributed by atoms with Gasteiger partial charge in [-0.25, -0.2) is 0 Å². The van der Waals surface area contributed by atoms with Crippen LogP contribution in [0.15, 0.2) is 30.5 Å². The molecule has 1 atom stereocenters. The Labute approximate surface area is 101 Å². The summed E-state index contributed by atoms with van der Waals surface area (Å²) in [5.41, 5.74) is 1.05. The Balaban J connectivity index is 2.48. The van der Waals surface area contributed by atoms with Crippen molar-refractivity contribution in [2.75, 3.05) is 13.7 Å². The number of benzene rings is 1. The van der Waals surface area contributed by atoms with Crippen molar-refractivity contribution in [1.29, 1.82) is 0 Å². The summed E-state index contributed by atoms with van der Waals surface area (Å²) in [5.74, 6) is 0.0961. The third-order valence-corrected chi connectivity index (χ3v) is 3.37. The molecule has 2 rings (SSSR count). The molecule has 2 aromatic rings. The number of rotatable bonds is 4. The van der Waals surface area contributed by atoms with E-state index >= 15 is 0 Å². The standard InChI is InChI=1S/C14H19NO2/c1-10(2)14(16,9-17-3)12-4-5-13-11(8-12)6-7-15-13/h4-8,10,15-16H,9H2,1-3H3. The summed E-state index contributed by atoms with van der Waals surface area (Å²) >= 11 is 0. The second-order valence-electron chi connectivity index (χ2n) is 4.79. The van der Waals surface area contributed by atoms with Gasteiger partial charge < -0.3 is 14.8 Å². The predicted molar refractivity (Wildman–Crippen MR) is 68.9 cm³/mol. The molecule has 0 bridgehead atoms. The molecule has 1 unspecified atom stereocenters. The van der Waals surface area contributed by atoms with Crippen molar-refractivity contribution < 1.29 is 9.84 Å². The van der Waals surface area contributed by atoms with Crippen molar-refractivity contribution in [3.63, 3.8) is 0 Å². The fourth-order valence-electron chi connectivity index (χ4n) is 2.13. The number of aromatic amines is 1. The molecule has 0 fully saturated rings. The topological polar surface area (TPSA) is 45.2 Å². The van der Waals surface area contributed by atoms with Gasteiger partial charge >= 0.3 is 0 Å². The molecule has 2 N–H and O–H groups in total. The molecule has 0 saturated carbocycles. The summed E-state index contributed by atoms with van der Waals surface area (Å²) in [7, 11) is 1.61. The summed E-state index contributed by atoms with van der Waals surface area (Å²) in [6, 6.07) is 7.97. The lowest BCUT2D eigenvalue weighted by Crippen LogP contribution is -2.36. The summed E-state index contributed by atoms with van der Waals surface area (Å²) < 4.78 is 5.16. The van der Waals surface area contributed by atoms with Gasteiger partial charge in [-0.15, -0.1) is 0 Å². The van der Waals surface area contributed by atoms with Gasteiger partial charge in [-0.3, -0.25) is 0 Å². The molecule has 0 saturated heterocycles. The molecule has 0 radical (unpaired) electrons. The highest BCUT2D eigenvalue weighted by Gasteiger charge is 2.33. The zero-order valence-corrected chi connectivity index (χ0v) is 10.5. The summed E-state index contributed by atoms with van der Waals surface area (Å²) in [5, 5.41) is 11.8. The number of hydrogen-bond donors (Lipinski definition) is 2. The molecule has 17 heavy (non-hydrogen) atoms. The van der Waals surface area contributed by atoms with E-state index in [2.05, 4.69) is 4.98 Å². The fourth-order valence-corrected chi connectivity index (χ4v) is 2.13. The molecular formula is C14H19NO2. The first-order valence-electron chi connectivity index (χ1n) is 5.87. The number of H-pyrrole nitrogens is 1. The van der Waals surface area contributed by atoms with E-state index in [0.717, 1.165) is 16.5 Å². The summed E-state index contributed by atoms with van der Waals surface area (Å²) in [6.45, 7) is 4.31.